The van der Waals surface area contributed by atoms with Gasteiger partial charge in [-0.05, 0) is 36.4 Å². The number of rotatable bonds is 7. The number of methoxy groups -OCH3 is 1. The van der Waals surface area contributed by atoms with E-state index in [0.29, 0.717) is 12.1 Å². The van der Waals surface area contributed by atoms with Gasteiger partial charge in [0.25, 0.3) is 17.7 Å². The SMILES string of the molecule is COCCNC(=O)c1cn2c3c(c(NC(=O)c4cc(F)cc(C(F)(F)F)c4)cc2n1)C(c1cc(F)ccc1Cl)NC3=O. The van der Waals surface area contributed by atoms with Gasteiger partial charge in [0, 0.05) is 47.6 Å². The van der Waals surface area contributed by atoms with Crippen molar-refractivity contribution in [2.75, 3.05) is 25.6 Å². The molecule has 1 unspecified atom stereocenters. The Labute approximate surface area is 238 Å². The largest absolute Gasteiger partial charge is 0.416 e. The maximum Gasteiger partial charge on any atom is 0.416 e. The van der Waals surface area contributed by atoms with Crippen LogP contribution >= 0.6 is 11.6 Å². The summed E-state index contributed by atoms with van der Waals surface area (Å²) in [5.74, 6) is -4.42. The van der Waals surface area contributed by atoms with E-state index < -0.39 is 52.7 Å². The van der Waals surface area contributed by atoms with E-state index >= 15 is 0 Å². The number of alkyl halides is 3. The lowest BCUT2D eigenvalue weighted by Crippen LogP contribution is -2.27. The molecule has 0 fully saturated rings. The van der Waals surface area contributed by atoms with Crippen molar-refractivity contribution in [1.29, 1.82) is 0 Å². The molecule has 0 saturated carbocycles. The average molecular weight is 608 g/mol. The summed E-state index contributed by atoms with van der Waals surface area (Å²) in [7, 11) is 1.45. The maximum absolute atomic E-state index is 14.2. The van der Waals surface area contributed by atoms with E-state index in [2.05, 4.69) is 20.9 Å². The second-order valence-electron chi connectivity index (χ2n) is 9.18. The number of hydrogen-bond acceptors (Lipinski definition) is 5. The van der Waals surface area contributed by atoms with Crippen LogP contribution in [0.2, 0.25) is 5.02 Å². The van der Waals surface area contributed by atoms with Gasteiger partial charge in [-0.2, -0.15) is 13.2 Å². The average Bonchev–Trinajstić information content (AvgIpc) is 3.50. The van der Waals surface area contributed by atoms with Crippen LogP contribution in [0.3, 0.4) is 0 Å². The van der Waals surface area contributed by atoms with Gasteiger partial charge >= 0.3 is 6.18 Å². The third-order valence-corrected chi connectivity index (χ3v) is 6.75. The minimum atomic E-state index is -4.93. The number of benzene rings is 2. The van der Waals surface area contributed by atoms with Crippen molar-refractivity contribution in [3.63, 3.8) is 0 Å². The van der Waals surface area contributed by atoms with Gasteiger partial charge in [0.1, 0.15) is 28.7 Å². The molecule has 0 spiro atoms. The Bertz CT molecular complexity index is 1760. The van der Waals surface area contributed by atoms with Crippen molar-refractivity contribution >= 4 is 40.7 Å². The van der Waals surface area contributed by atoms with Crippen molar-refractivity contribution in [2.24, 2.45) is 0 Å². The predicted octanol–water partition coefficient (Wildman–Crippen LogP) is 4.75. The summed E-state index contributed by atoms with van der Waals surface area (Å²) in [4.78, 5) is 43.3. The number of anilines is 1. The molecule has 9 nitrogen and oxygen atoms in total. The monoisotopic (exact) mass is 607 g/mol. The highest BCUT2D eigenvalue weighted by Gasteiger charge is 2.38. The van der Waals surface area contributed by atoms with Crippen LogP contribution in [0.15, 0.2) is 48.7 Å². The third kappa shape index (κ3) is 5.50. The molecule has 3 heterocycles. The highest BCUT2D eigenvalue weighted by Crippen LogP contribution is 2.40. The van der Waals surface area contributed by atoms with Crippen molar-refractivity contribution in [3.8, 4) is 0 Å². The minimum absolute atomic E-state index is 0.0114. The van der Waals surface area contributed by atoms with Crippen molar-refractivity contribution in [2.45, 2.75) is 12.2 Å². The standard InChI is InChI=1S/C27H19ClF5N5O4/c1-42-5-4-34-25(40)19-11-38-20(35-19)10-18(36-24(39)12-6-13(27(31,32)33)8-15(30)7-12)21-22(37-26(41)23(21)38)16-9-14(29)2-3-17(16)28/h2-3,6-11,22H,4-5H2,1H3,(H,34,40)(H,36,39)(H,37,41). The molecule has 1 aliphatic heterocycles. The van der Waals surface area contributed by atoms with Gasteiger partial charge in [-0.25, -0.2) is 13.8 Å². The normalized spacial score (nSPS) is 14.5. The lowest BCUT2D eigenvalue weighted by Gasteiger charge is -2.18. The van der Waals surface area contributed by atoms with Crippen molar-refractivity contribution < 1.29 is 41.1 Å². The van der Waals surface area contributed by atoms with Crippen molar-refractivity contribution in [1.82, 2.24) is 20.0 Å². The summed E-state index contributed by atoms with van der Waals surface area (Å²) in [6, 6.07) is 4.91. The molecule has 218 valence electrons. The van der Waals surface area contributed by atoms with Gasteiger partial charge in [0.05, 0.1) is 23.9 Å². The molecule has 42 heavy (non-hydrogen) atoms. The lowest BCUT2D eigenvalue weighted by molar-refractivity contribution is -0.137. The molecule has 1 aliphatic rings. The van der Waals surface area contributed by atoms with Gasteiger partial charge in [0.2, 0.25) is 0 Å². The summed E-state index contributed by atoms with van der Waals surface area (Å²) in [6.07, 6.45) is -3.65. The van der Waals surface area contributed by atoms with Gasteiger partial charge in [-0.3, -0.25) is 18.8 Å². The summed E-state index contributed by atoms with van der Waals surface area (Å²) in [5, 5.41) is 7.72. The fraction of sp³-hybridized carbons (Fsp3) is 0.185. The smallest absolute Gasteiger partial charge is 0.383 e. The molecule has 3 N–H and O–H groups in total. The number of hydrogen-bond donors (Lipinski definition) is 3. The first kappa shape index (κ1) is 29.0. The number of aromatic nitrogens is 2. The summed E-state index contributed by atoms with van der Waals surface area (Å²) < 4.78 is 74.3. The second-order valence-corrected chi connectivity index (χ2v) is 9.58. The zero-order valence-electron chi connectivity index (χ0n) is 21.4. The van der Waals surface area contributed by atoms with Crippen LogP contribution in [-0.4, -0.2) is 47.4 Å². The molecular formula is C27H19ClF5N5O4. The maximum atomic E-state index is 14.2. The van der Waals surface area contributed by atoms with E-state index in [1.54, 1.807) is 0 Å². The fourth-order valence-electron chi connectivity index (χ4n) is 4.55. The van der Waals surface area contributed by atoms with Gasteiger partial charge in [-0.1, -0.05) is 11.6 Å². The number of nitrogens with zero attached hydrogens (tertiary/aromatic N) is 2. The van der Waals surface area contributed by atoms with Gasteiger partial charge < -0.3 is 20.7 Å². The van der Waals surface area contributed by atoms with Crippen LogP contribution in [0.1, 0.15) is 54.1 Å². The van der Waals surface area contributed by atoms with E-state index in [1.165, 1.54) is 29.8 Å². The quantitative estimate of drug-likeness (QED) is 0.207. The Morgan fingerprint density at radius 1 is 1.10 bits per heavy atom. The van der Waals surface area contributed by atoms with Crippen LogP contribution in [0.25, 0.3) is 5.65 Å². The molecule has 2 aromatic carbocycles. The first-order chi connectivity index (χ1) is 19.9. The summed E-state index contributed by atoms with van der Waals surface area (Å²) >= 11 is 6.31. The third-order valence-electron chi connectivity index (χ3n) is 6.40. The highest BCUT2D eigenvalue weighted by atomic mass is 35.5. The van der Waals surface area contributed by atoms with Crippen LogP contribution in [0, 0.1) is 11.6 Å². The highest BCUT2D eigenvalue weighted by molar-refractivity contribution is 6.31. The molecule has 0 bridgehead atoms. The van der Waals surface area contributed by atoms with E-state index in [-0.39, 0.29) is 58.1 Å². The molecule has 1 atom stereocenters. The first-order valence-corrected chi connectivity index (χ1v) is 12.5. The predicted molar refractivity (Wildman–Crippen MR) is 139 cm³/mol. The first-order valence-electron chi connectivity index (χ1n) is 12.2. The molecule has 0 aliphatic carbocycles. The Morgan fingerprint density at radius 2 is 1.86 bits per heavy atom. The number of imidazole rings is 1. The summed E-state index contributed by atoms with van der Waals surface area (Å²) in [5.41, 5.74) is -2.19. The molecular weight excluding hydrogens is 589 g/mol. The van der Waals surface area contributed by atoms with Crippen LogP contribution in [-0.2, 0) is 10.9 Å². The number of fused-ring (bicyclic) bond motifs is 3. The molecule has 0 saturated heterocycles. The Balaban J connectivity index is 1.65. The number of pyridine rings is 1. The van der Waals surface area contributed by atoms with Gasteiger partial charge in [-0.15, -0.1) is 0 Å². The minimum Gasteiger partial charge on any atom is -0.383 e. The zero-order chi connectivity index (χ0) is 30.3. The molecule has 2 aromatic heterocycles. The van der Waals surface area contributed by atoms with Crippen LogP contribution in [0.4, 0.5) is 27.6 Å². The van der Waals surface area contributed by atoms with E-state index in [9.17, 15) is 36.3 Å². The summed E-state index contributed by atoms with van der Waals surface area (Å²) in [6.45, 7) is 0.385. The lowest BCUT2D eigenvalue weighted by atomic mass is 9.98. The second kappa shape index (κ2) is 11.0. The van der Waals surface area contributed by atoms with Crippen LogP contribution in [0.5, 0.6) is 0 Å². The van der Waals surface area contributed by atoms with E-state index in [1.807, 2.05) is 0 Å². The fourth-order valence-corrected chi connectivity index (χ4v) is 4.78. The van der Waals surface area contributed by atoms with Crippen LogP contribution < -0.4 is 16.0 Å². The number of ether oxygens (including phenoxy) is 1. The molecule has 3 amide bonds. The molecule has 15 heteroatoms. The Hall–Kier alpha value is -4.56. The molecule has 5 rings (SSSR count). The van der Waals surface area contributed by atoms with Gasteiger partial charge in [0.15, 0.2) is 0 Å². The number of amides is 3. The topological polar surface area (TPSA) is 114 Å². The molecule has 0 radical (unpaired) electrons. The number of carbonyl (C=O) groups excluding carboxylic acids is 3. The number of nitrogens with one attached hydrogen (secondary N) is 3. The van der Waals surface area contributed by atoms with E-state index in [0.717, 1.165) is 12.1 Å². The number of halogens is 6. The van der Waals surface area contributed by atoms with E-state index in [4.69, 9.17) is 16.3 Å². The molecule has 4 aromatic rings. The Morgan fingerprint density at radius 3 is 2.57 bits per heavy atom. The Kier molecular flexibility index (Phi) is 7.60. The van der Waals surface area contributed by atoms with Crippen molar-refractivity contribution in [3.05, 3.63) is 99.0 Å². The zero-order valence-corrected chi connectivity index (χ0v) is 22.2. The number of carbonyl (C=O) groups is 3.